The molecule has 2 aliphatic carbocycles. The molecule has 0 saturated carbocycles. The molecular weight excluding hydrogens is 1330 g/mol. The van der Waals surface area contributed by atoms with Crippen LogP contribution in [0.15, 0.2) is 328 Å². The minimum Gasteiger partial charge on any atom is -0.311 e. The van der Waals surface area contributed by atoms with Crippen molar-refractivity contribution in [1.29, 1.82) is 0 Å². The molecule has 18 aromatic rings. The van der Waals surface area contributed by atoms with Gasteiger partial charge < -0.3 is 23.5 Å². The number of benzene rings is 15. The molecule has 3 aromatic heterocycles. The van der Waals surface area contributed by atoms with Crippen LogP contribution in [-0.2, 0) is 21.7 Å². The van der Waals surface area contributed by atoms with E-state index in [2.05, 4.69) is 406 Å². The molecule has 6 heteroatoms. The van der Waals surface area contributed by atoms with E-state index in [4.69, 9.17) is 0 Å². The van der Waals surface area contributed by atoms with Crippen molar-refractivity contribution in [3.05, 3.63) is 350 Å². The first kappa shape index (κ1) is 64.5. The first-order valence-corrected chi connectivity index (χ1v) is 39.2. The number of rotatable bonds is 9. The molecule has 0 N–H and O–H groups in total. The Morgan fingerprint density at radius 1 is 0.218 bits per heavy atom. The minimum absolute atomic E-state index is 0.0594. The van der Waals surface area contributed by atoms with Crippen LogP contribution in [0.4, 0.5) is 34.1 Å². The predicted molar refractivity (Wildman–Crippen MR) is 467 cm³/mol. The maximum absolute atomic E-state index is 2.63. The highest BCUT2D eigenvalue weighted by Crippen LogP contribution is 2.54. The average Bonchev–Trinajstić information content (AvgIpc) is 1.27. The van der Waals surface area contributed by atoms with Gasteiger partial charge in [-0.2, -0.15) is 0 Å². The Kier molecular flexibility index (Phi) is 13.8. The molecule has 0 radical (unpaired) electrons. The Hall–Kier alpha value is -12.6. The van der Waals surface area contributed by atoms with Crippen LogP contribution in [-0.4, -0.2) is 20.4 Å². The van der Waals surface area contributed by atoms with Crippen molar-refractivity contribution in [3.63, 3.8) is 0 Å². The van der Waals surface area contributed by atoms with E-state index in [9.17, 15) is 0 Å². The maximum atomic E-state index is 2.63. The zero-order valence-electron chi connectivity index (χ0n) is 63.4. The monoisotopic (exact) mass is 1410 g/mol. The van der Waals surface area contributed by atoms with Gasteiger partial charge in [0.15, 0.2) is 0 Å². The van der Waals surface area contributed by atoms with Crippen LogP contribution in [0.1, 0.15) is 90.5 Å². The minimum atomic E-state index is -0.206. The number of anilines is 6. The summed E-state index contributed by atoms with van der Waals surface area (Å²) in [6.45, 7) is 19.1. The molecule has 0 fully saturated rings. The van der Waals surface area contributed by atoms with E-state index in [-0.39, 0.29) is 28.4 Å². The summed E-state index contributed by atoms with van der Waals surface area (Å²) in [5.41, 5.74) is 36.5. The van der Waals surface area contributed by atoms with E-state index in [1.165, 1.54) is 138 Å². The van der Waals surface area contributed by atoms with Gasteiger partial charge in [-0.25, -0.2) is 0 Å². The fourth-order valence-electron chi connectivity index (χ4n) is 21.2. The summed E-state index contributed by atoms with van der Waals surface area (Å²) >= 11 is 0. The summed E-state index contributed by atoms with van der Waals surface area (Å²) in [5.74, 6) is 0. The zero-order valence-corrected chi connectivity index (χ0v) is 63.4. The Morgan fingerprint density at radius 3 is 0.900 bits per heavy atom. The van der Waals surface area contributed by atoms with Gasteiger partial charge >= 0.3 is 0 Å². The van der Waals surface area contributed by atoms with Gasteiger partial charge in [0.1, 0.15) is 0 Å². The third-order valence-electron chi connectivity index (χ3n) is 25.6. The number of aromatic nitrogens is 3. The van der Waals surface area contributed by atoms with E-state index in [1.54, 1.807) is 0 Å². The molecule has 0 atom stereocenters. The molecule has 4 aliphatic rings. The van der Waals surface area contributed by atoms with Crippen molar-refractivity contribution in [3.8, 4) is 61.6 Å². The van der Waals surface area contributed by atoms with Crippen LogP contribution in [0.2, 0.25) is 0 Å². The fourth-order valence-corrected chi connectivity index (χ4v) is 21.2. The number of hydrogen-bond donors (Lipinski definition) is 0. The largest absolute Gasteiger partial charge is 0.311 e. The summed E-state index contributed by atoms with van der Waals surface area (Å²) in [7, 11) is 0. The predicted octanol–water partition coefficient (Wildman–Crippen LogP) is 25.6. The van der Waals surface area contributed by atoms with Crippen LogP contribution < -0.4 is 26.2 Å². The lowest BCUT2D eigenvalue weighted by molar-refractivity contribution is 0.402. The molecule has 22 rings (SSSR count). The first-order chi connectivity index (χ1) is 53.5. The Balaban J connectivity index is 0.842. The van der Waals surface area contributed by atoms with Gasteiger partial charge in [-0.15, -0.1) is 0 Å². The zero-order chi connectivity index (χ0) is 73.8. The van der Waals surface area contributed by atoms with E-state index in [1.807, 2.05) is 0 Å². The molecular formula is C104H82BN5. The second kappa shape index (κ2) is 23.4. The second-order valence-corrected chi connectivity index (χ2v) is 34.3. The van der Waals surface area contributed by atoms with Crippen molar-refractivity contribution in [2.45, 2.75) is 89.9 Å². The van der Waals surface area contributed by atoms with Crippen LogP contribution in [0.3, 0.4) is 0 Å². The Bertz CT molecular complexity index is 6390. The number of para-hydroxylation sites is 4. The van der Waals surface area contributed by atoms with Gasteiger partial charge in [0, 0.05) is 77.8 Å². The normalized spacial score (nSPS) is 15.4. The molecule has 15 aromatic carbocycles. The smallest absolute Gasteiger partial charge is 0.252 e. The van der Waals surface area contributed by atoms with Gasteiger partial charge in [-0.1, -0.05) is 274 Å². The third kappa shape index (κ3) is 9.60. The molecule has 5 nitrogen and oxygen atoms in total. The Labute approximate surface area is 643 Å². The lowest BCUT2D eigenvalue weighted by Crippen LogP contribution is -2.61. The number of nitrogens with zero attached hydrogens (tertiary/aromatic N) is 5. The highest BCUT2D eigenvalue weighted by atomic mass is 15.2. The van der Waals surface area contributed by atoms with E-state index in [0.717, 1.165) is 75.1 Å². The van der Waals surface area contributed by atoms with E-state index < -0.39 is 0 Å². The van der Waals surface area contributed by atoms with Gasteiger partial charge in [0.05, 0.1) is 38.8 Å². The van der Waals surface area contributed by atoms with Crippen LogP contribution >= 0.6 is 0 Å². The number of fused-ring (bicyclic) bond motifs is 15. The molecule has 0 unspecified atom stereocenters. The lowest BCUT2D eigenvalue weighted by Gasteiger charge is -2.44. The number of hydrogen-bond acceptors (Lipinski definition) is 2. The molecule has 0 amide bonds. The molecule has 5 heterocycles. The third-order valence-corrected chi connectivity index (χ3v) is 25.6. The molecule has 0 saturated heterocycles. The van der Waals surface area contributed by atoms with E-state index >= 15 is 0 Å². The summed E-state index contributed by atoms with van der Waals surface area (Å²) in [5, 5.41) is 7.33. The SMILES string of the molecule is CC1(C)CC(C)(C)c2cc(-c3ccc(N4c5cc(-n6c7ccccc7c7ccccc76)ccc5B5c6ccc(-n7c8ccccc8c8ccccc87)cc6N(c6ccc(-c7ccc8c(c7)C(C)(C)CC8(C)C)cc6)c6cc(-n7c8ccc(-c9ccccc9)cc8c8cc(-c9ccccc9)ccc87)cc4c65)cc3)ccc21. The first-order valence-electron chi connectivity index (χ1n) is 39.2. The van der Waals surface area contributed by atoms with Crippen LogP contribution in [0, 0.1) is 0 Å². The van der Waals surface area contributed by atoms with Gasteiger partial charge in [-0.3, -0.25) is 0 Å². The standard InChI is InChI=1S/C104H82BN5/c1-101(2)63-103(5,6)86-57-71(39-49-84(86)101)67-35-43-73(44-36-67)106-96-59-75(108-90-31-19-15-27-78(90)79-28-16-20-32-91(79)108)47-51-88(96)105-89-52-48-76(109-92-33-21-17-29-80(92)81-30-18-22-34-93(81)109)60-97(89)107(74-45-37-68(38-46-74)72-40-50-85-87(58-72)104(7,8)64-102(85,3)4)99-62-77(61-98(106)100(99)105)110-94-53-41-69(65-23-11-9-12-24-65)55-82(94)83-56-70(42-54-95(83)110)66-25-13-10-14-26-66/h9-62H,63-64H2,1-8H3. The van der Waals surface area contributed by atoms with Gasteiger partial charge in [0.25, 0.3) is 6.71 Å². The molecule has 0 spiro atoms. The second-order valence-electron chi connectivity index (χ2n) is 34.3. The summed E-state index contributed by atoms with van der Waals surface area (Å²) in [6.07, 6.45) is 2.24. The summed E-state index contributed by atoms with van der Waals surface area (Å²) < 4.78 is 7.56. The van der Waals surface area contributed by atoms with Gasteiger partial charge in [-0.05, 0) is 227 Å². The quantitative estimate of drug-likeness (QED) is 0.134. The Morgan fingerprint density at radius 2 is 0.509 bits per heavy atom. The maximum Gasteiger partial charge on any atom is 0.252 e. The average molecular weight is 1410 g/mol. The van der Waals surface area contributed by atoms with Crippen molar-refractivity contribution in [1.82, 2.24) is 13.7 Å². The van der Waals surface area contributed by atoms with Crippen LogP contribution in [0.25, 0.3) is 127 Å². The van der Waals surface area contributed by atoms with Crippen molar-refractivity contribution in [2.75, 3.05) is 9.80 Å². The highest BCUT2D eigenvalue weighted by molar-refractivity contribution is 7.00. The van der Waals surface area contributed by atoms with Crippen molar-refractivity contribution < 1.29 is 0 Å². The van der Waals surface area contributed by atoms with Crippen molar-refractivity contribution >= 4 is 123 Å². The lowest BCUT2D eigenvalue weighted by atomic mass is 9.33. The van der Waals surface area contributed by atoms with Crippen LogP contribution in [0.5, 0.6) is 0 Å². The summed E-state index contributed by atoms with van der Waals surface area (Å²) in [4.78, 5) is 5.27. The topological polar surface area (TPSA) is 21.3 Å². The molecule has 526 valence electrons. The molecule has 2 aliphatic heterocycles. The summed E-state index contributed by atoms with van der Waals surface area (Å²) in [6, 6.07) is 125. The molecule has 110 heavy (non-hydrogen) atoms. The molecule has 0 bridgehead atoms. The fraction of sp³-hybridized carbons (Fsp3) is 0.135. The van der Waals surface area contributed by atoms with Gasteiger partial charge in [0.2, 0.25) is 0 Å². The highest BCUT2D eigenvalue weighted by Gasteiger charge is 2.46. The van der Waals surface area contributed by atoms with Crippen molar-refractivity contribution in [2.24, 2.45) is 0 Å². The van der Waals surface area contributed by atoms with E-state index in [0.29, 0.717) is 0 Å².